The van der Waals surface area contributed by atoms with Crippen molar-refractivity contribution in [2.75, 3.05) is 19.8 Å². The number of morpholine rings is 1. The standard InChI is InChI=1S/C21H25N5O2/c1-14-18(12-24(4)22-14)21(27)25-10-11-28-13-19(25)20-15(2)23-26(16(20)3)17-8-6-5-7-9-17/h5-9,12,19H,10-11,13H2,1-4H3. The van der Waals surface area contributed by atoms with Gasteiger partial charge in [0.15, 0.2) is 0 Å². The highest BCUT2D eigenvalue weighted by atomic mass is 16.5. The van der Waals surface area contributed by atoms with Crippen LogP contribution < -0.4 is 0 Å². The summed E-state index contributed by atoms with van der Waals surface area (Å²) >= 11 is 0. The molecule has 1 saturated heterocycles. The van der Waals surface area contributed by atoms with E-state index < -0.39 is 0 Å². The van der Waals surface area contributed by atoms with Gasteiger partial charge in [-0.05, 0) is 32.9 Å². The number of rotatable bonds is 3. The van der Waals surface area contributed by atoms with Gasteiger partial charge in [-0.2, -0.15) is 10.2 Å². The van der Waals surface area contributed by atoms with Gasteiger partial charge in [0.2, 0.25) is 0 Å². The summed E-state index contributed by atoms with van der Waals surface area (Å²) in [6, 6.07) is 9.87. The second-order valence-corrected chi connectivity index (χ2v) is 7.22. The smallest absolute Gasteiger partial charge is 0.257 e. The van der Waals surface area contributed by atoms with Crippen LogP contribution >= 0.6 is 0 Å². The van der Waals surface area contributed by atoms with E-state index in [1.807, 2.05) is 60.8 Å². The number of nitrogens with zero attached hydrogens (tertiary/aromatic N) is 5. The number of hydrogen-bond donors (Lipinski definition) is 0. The van der Waals surface area contributed by atoms with E-state index in [2.05, 4.69) is 12.0 Å². The van der Waals surface area contributed by atoms with E-state index in [4.69, 9.17) is 9.84 Å². The normalized spacial score (nSPS) is 17.1. The molecule has 3 heterocycles. The van der Waals surface area contributed by atoms with Crippen molar-refractivity contribution < 1.29 is 9.53 Å². The summed E-state index contributed by atoms with van der Waals surface area (Å²) in [5.74, 6) is -0.00911. The number of aromatic nitrogens is 4. The largest absolute Gasteiger partial charge is 0.377 e. The van der Waals surface area contributed by atoms with Gasteiger partial charge in [-0.15, -0.1) is 0 Å². The van der Waals surface area contributed by atoms with E-state index in [-0.39, 0.29) is 11.9 Å². The highest BCUT2D eigenvalue weighted by Crippen LogP contribution is 2.32. The minimum absolute atomic E-state index is 0.00911. The maximum absolute atomic E-state index is 13.3. The summed E-state index contributed by atoms with van der Waals surface area (Å²) in [6.07, 6.45) is 1.79. The molecule has 1 aliphatic rings. The lowest BCUT2D eigenvalue weighted by Crippen LogP contribution is -2.44. The van der Waals surface area contributed by atoms with Crippen LogP contribution in [-0.2, 0) is 11.8 Å². The molecular formula is C21H25N5O2. The zero-order valence-electron chi connectivity index (χ0n) is 16.7. The summed E-state index contributed by atoms with van der Waals surface area (Å²) in [6.45, 7) is 7.46. The maximum atomic E-state index is 13.3. The van der Waals surface area contributed by atoms with E-state index in [1.54, 1.807) is 10.9 Å². The van der Waals surface area contributed by atoms with Crippen LogP contribution in [-0.4, -0.2) is 50.1 Å². The lowest BCUT2D eigenvalue weighted by atomic mass is 10.0. The Morgan fingerprint density at radius 1 is 1.11 bits per heavy atom. The van der Waals surface area contributed by atoms with Gasteiger partial charge in [0.05, 0.1) is 41.9 Å². The molecule has 1 fully saturated rings. The summed E-state index contributed by atoms with van der Waals surface area (Å²) in [5, 5.41) is 9.08. The van der Waals surface area contributed by atoms with Gasteiger partial charge in [-0.3, -0.25) is 9.48 Å². The molecule has 7 heteroatoms. The number of para-hydroxylation sites is 1. The highest BCUT2D eigenvalue weighted by molar-refractivity contribution is 5.95. The van der Waals surface area contributed by atoms with Crippen molar-refractivity contribution in [3.05, 3.63) is 64.7 Å². The van der Waals surface area contributed by atoms with Crippen LogP contribution in [0.25, 0.3) is 5.69 Å². The Bertz CT molecular complexity index is 1010. The Hall–Kier alpha value is -2.93. The zero-order valence-corrected chi connectivity index (χ0v) is 16.7. The Balaban J connectivity index is 1.74. The van der Waals surface area contributed by atoms with Gasteiger partial charge in [0.25, 0.3) is 5.91 Å². The molecule has 0 saturated carbocycles. The van der Waals surface area contributed by atoms with Gasteiger partial charge >= 0.3 is 0 Å². The second kappa shape index (κ2) is 7.24. The van der Waals surface area contributed by atoms with Crippen molar-refractivity contribution in [1.29, 1.82) is 0 Å². The van der Waals surface area contributed by atoms with Crippen molar-refractivity contribution in [3.8, 4) is 5.69 Å². The Morgan fingerprint density at radius 3 is 2.54 bits per heavy atom. The first-order valence-electron chi connectivity index (χ1n) is 9.48. The first-order valence-corrected chi connectivity index (χ1v) is 9.48. The van der Waals surface area contributed by atoms with Crippen molar-refractivity contribution in [2.45, 2.75) is 26.8 Å². The number of ether oxygens (including phenoxy) is 1. The predicted octanol–water partition coefficient (Wildman–Crippen LogP) is 2.74. The zero-order chi connectivity index (χ0) is 19.8. The molecule has 3 aromatic rings. The first kappa shape index (κ1) is 18.4. The van der Waals surface area contributed by atoms with E-state index in [0.717, 1.165) is 28.3 Å². The summed E-state index contributed by atoms with van der Waals surface area (Å²) in [5.41, 5.74) is 5.38. The lowest BCUT2D eigenvalue weighted by molar-refractivity contribution is -0.00308. The molecule has 146 valence electrons. The van der Waals surface area contributed by atoms with Crippen LogP contribution in [0.15, 0.2) is 36.5 Å². The summed E-state index contributed by atoms with van der Waals surface area (Å²) in [7, 11) is 1.83. The molecule has 1 amide bonds. The third kappa shape index (κ3) is 3.11. The third-order valence-electron chi connectivity index (χ3n) is 5.31. The van der Waals surface area contributed by atoms with Gasteiger partial charge in [-0.1, -0.05) is 18.2 Å². The fourth-order valence-electron chi connectivity index (χ4n) is 4.01. The van der Waals surface area contributed by atoms with E-state index in [0.29, 0.717) is 25.3 Å². The van der Waals surface area contributed by atoms with Crippen molar-refractivity contribution in [1.82, 2.24) is 24.5 Å². The van der Waals surface area contributed by atoms with E-state index in [9.17, 15) is 4.79 Å². The molecule has 2 aromatic heterocycles. The average molecular weight is 379 g/mol. The quantitative estimate of drug-likeness (QED) is 0.702. The minimum Gasteiger partial charge on any atom is -0.377 e. The van der Waals surface area contributed by atoms with Crippen LogP contribution in [0.2, 0.25) is 0 Å². The van der Waals surface area contributed by atoms with Gasteiger partial charge in [-0.25, -0.2) is 4.68 Å². The predicted molar refractivity (Wildman–Crippen MR) is 106 cm³/mol. The van der Waals surface area contributed by atoms with Crippen LogP contribution in [0.3, 0.4) is 0 Å². The van der Waals surface area contributed by atoms with Crippen LogP contribution in [0.1, 0.15) is 39.0 Å². The molecule has 1 unspecified atom stereocenters. The number of benzene rings is 1. The molecule has 0 aliphatic carbocycles. The van der Waals surface area contributed by atoms with Gasteiger partial charge in [0.1, 0.15) is 0 Å². The monoisotopic (exact) mass is 379 g/mol. The molecule has 1 aliphatic heterocycles. The number of amides is 1. The molecule has 0 spiro atoms. The van der Waals surface area contributed by atoms with Crippen molar-refractivity contribution in [2.24, 2.45) is 7.05 Å². The van der Waals surface area contributed by atoms with Crippen LogP contribution in [0.5, 0.6) is 0 Å². The van der Waals surface area contributed by atoms with E-state index in [1.165, 1.54) is 0 Å². The lowest BCUT2D eigenvalue weighted by Gasteiger charge is -2.36. The molecule has 0 radical (unpaired) electrons. The topological polar surface area (TPSA) is 65.2 Å². The molecule has 7 nitrogen and oxygen atoms in total. The molecule has 4 rings (SSSR count). The fraction of sp³-hybridized carbons (Fsp3) is 0.381. The first-order chi connectivity index (χ1) is 13.5. The molecule has 0 bridgehead atoms. The summed E-state index contributed by atoms with van der Waals surface area (Å²) in [4.78, 5) is 15.2. The molecule has 1 aromatic carbocycles. The SMILES string of the molecule is Cc1nn(C)cc1C(=O)N1CCOCC1c1c(C)nn(-c2ccccc2)c1C. The second-order valence-electron chi connectivity index (χ2n) is 7.22. The average Bonchev–Trinajstić information content (AvgIpc) is 3.19. The fourth-order valence-corrected chi connectivity index (χ4v) is 4.01. The number of carbonyl (C=O) groups excluding carboxylic acids is 1. The third-order valence-corrected chi connectivity index (χ3v) is 5.31. The molecule has 28 heavy (non-hydrogen) atoms. The maximum Gasteiger partial charge on any atom is 0.257 e. The molecular weight excluding hydrogens is 354 g/mol. The Kier molecular flexibility index (Phi) is 4.77. The van der Waals surface area contributed by atoms with Gasteiger partial charge in [0, 0.05) is 31.0 Å². The summed E-state index contributed by atoms with van der Waals surface area (Å²) < 4.78 is 9.39. The molecule has 1 atom stereocenters. The molecule has 0 N–H and O–H groups in total. The number of carbonyl (C=O) groups is 1. The van der Waals surface area contributed by atoms with Gasteiger partial charge < -0.3 is 9.64 Å². The number of aryl methyl sites for hydroxylation is 3. The Labute approximate surface area is 164 Å². The minimum atomic E-state index is -0.168. The van der Waals surface area contributed by atoms with Crippen LogP contribution in [0, 0.1) is 20.8 Å². The number of hydrogen-bond acceptors (Lipinski definition) is 4. The Morgan fingerprint density at radius 2 is 1.86 bits per heavy atom. The van der Waals surface area contributed by atoms with E-state index >= 15 is 0 Å². The van der Waals surface area contributed by atoms with Crippen molar-refractivity contribution in [3.63, 3.8) is 0 Å². The highest BCUT2D eigenvalue weighted by Gasteiger charge is 2.34. The van der Waals surface area contributed by atoms with Crippen molar-refractivity contribution >= 4 is 5.91 Å². The van der Waals surface area contributed by atoms with Crippen LogP contribution in [0.4, 0.5) is 0 Å².